The fraction of sp³-hybridized carbons (Fsp3) is 0.333. The molecule has 88 valence electrons. The van der Waals surface area contributed by atoms with Crippen molar-refractivity contribution in [2.75, 3.05) is 7.11 Å². The van der Waals surface area contributed by atoms with Crippen LogP contribution in [0.25, 0.3) is 0 Å². The van der Waals surface area contributed by atoms with E-state index < -0.39 is 23.9 Å². The minimum Gasteiger partial charge on any atom is -0.469 e. The van der Waals surface area contributed by atoms with Gasteiger partial charge in [0.25, 0.3) is 6.43 Å². The molecule has 3 nitrogen and oxygen atoms in total. The van der Waals surface area contributed by atoms with Crippen molar-refractivity contribution in [1.29, 1.82) is 0 Å². The third-order valence-electron chi connectivity index (χ3n) is 1.75. The molecule has 0 atom stereocenters. The van der Waals surface area contributed by atoms with Crippen molar-refractivity contribution in [2.24, 2.45) is 0 Å². The molecule has 0 unspecified atom stereocenters. The van der Waals surface area contributed by atoms with Crippen molar-refractivity contribution in [3.8, 4) is 0 Å². The topological polar surface area (TPSA) is 39.2 Å². The maximum Gasteiger partial charge on any atom is 0.311 e. The molecule has 0 aliphatic heterocycles. The summed E-state index contributed by atoms with van der Waals surface area (Å²) in [6, 6.07) is 0.949. The van der Waals surface area contributed by atoms with Crippen LogP contribution in [-0.4, -0.2) is 18.1 Å². The lowest BCUT2D eigenvalue weighted by molar-refractivity contribution is -0.139. The van der Waals surface area contributed by atoms with Crippen LogP contribution < -0.4 is 0 Å². The van der Waals surface area contributed by atoms with Crippen molar-refractivity contribution >= 4 is 28.6 Å². The van der Waals surface area contributed by atoms with Gasteiger partial charge in [-0.3, -0.25) is 4.79 Å². The maximum atomic E-state index is 13.2. The first-order valence-electron chi connectivity index (χ1n) is 4.15. The lowest BCUT2D eigenvalue weighted by Crippen LogP contribution is -2.09. The van der Waals surface area contributed by atoms with Crippen LogP contribution in [0.3, 0.4) is 0 Å². The summed E-state index contributed by atoms with van der Waals surface area (Å²) in [5.41, 5.74) is -0.723. The largest absolute Gasteiger partial charge is 0.469 e. The van der Waals surface area contributed by atoms with Gasteiger partial charge in [0.2, 0.25) is 0 Å². The van der Waals surface area contributed by atoms with E-state index in [9.17, 15) is 18.0 Å². The number of rotatable bonds is 3. The van der Waals surface area contributed by atoms with Crippen LogP contribution >= 0.6 is 22.6 Å². The van der Waals surface area contributed by atoms with Gasteiger partial charge in [0, 0.05) is 0 Å². The molecule has 0 bridgehead atoms. The number of nitrogens with zero attached hydrogens (tertiary/aromatic N) is 1. The maximum absolute atomic E-state index is 13.2. The van der Waals surface area contributed by atoms with Gasteiger partial charge < -0.3 is 4.74 Å². The van der Waals surface area contributed by atoms with E-state index in [1.807, 2.05) is 0 Å². The lowest BCUT2D eigenvalue weighted by atomic mass is 10.2. The Balaban J connectivity index is 3.09. The Morgan fingerprint density at radius 3 is 2.75 bits per heavy atom. The number of ether oxygens (including phenoxy) is 1. The van der Waals surface area contributed by atoms with Gasteiger partial charge >= 0.3 is 5.97 Å². The van der Waals surface area contributed by atoms with Gasteiger partial charge in [-0.15, -0.1) is 0 Å². The van der Waals surface area contributed by atoms with Crippen LogP contribution in [0, 0.1) is 9.39 Å². The normalized spacial score (nSPS) is 10.6. The van der Waals surface area contributed by atoms with Gasteiger partial charge in [-0.05, 0) is 28.7 Å². The molecule has 1 aromatic rings. The molecule has 0 aliphatic carbocycles. The monoisotopic (exact) mass is 345 g/mol. The van der Waals surface area contributed by atoms with Crippen molar-refractivity contribution in [2.45, 2.75) is 12.8 Å². The predicted molar refractivity (Wildman–Crippen MR) is 57.6 cm³/mol. The summed E-state index contributed by atoms with van der Waals surface area (Å²) < 4.78 is 42.2. The summed E-state index contributed by atoms with van der Waals surface area (Å²) in [6.07, 6.45) is -3.21. The average Bonchev–Trinajstić information content (AvgIpc) is 2.22. The predicted octanol–water partition coefficient (Wildman–Crippen LogP) is 2.48. The summed E-state index contributed by atoms with van der Waals surface area (Å²) >= 11 is 1.45. The van der Waals surface area contributed by atoms with E-state index in [1.165, 1.54) is 22.6 Å². The number of halogens is 4. The summed E-state index contributed by atoms with van der Waals surface area (Å²) in [5, 5.41) is 0. The molecule has 16 heavy (non-hydrogen) atoms. The van der Waals surface area contributed by atoms with Crippen LogP contribution in [0.1, 0.15) is 17.8 Å². The van der Waals surface area contributed by atoms with E-state index in [-0.39, 0.29) is 15.7 Å². The summed E-state index contributed by atoms with van der Waals surface area (Å²) in [4.78, 5) is 14.4. The molecule has 0 saturated carbocycles. The van der Waals surface area contributed by atoms with Gasteiger partial charge in [-0.1, -0.05) is 0 Å². The van der Waals surface area contributed by atoms with Gasteiger partial charge in [0.1, 0.15) is 11.5 Å². The van der Waals surface area contributed by atoms with E-state index in [0.717, 1.165) is 13.2 Å². The van der Waals surface area contributed by atoms with Gasteiger partial charge in [-0.25, -0.2) is 18.2 Å². The first-order chi connectivity index (χ1) is 7.45. The number of alkyl halides is 2. The lowest BCUT2D eigenvalue weighted by Gasteiger charge is -2.06. The van der Waals surface area contributed by atoms with Gasteiger partial charge in [0.15, 0.2) is 0 Å². The van der Waals surface area contributed by atoms with E-state index in [1.54, 1.807) is 0 Å². The Morgan fingerprint density at radius 2 is 2.25 bits per heavy atom. The molecule has 0 radical (unpaired) electrons. The Kier molecular flexibility index (Phi) is 4.51. The van der Waals surface area contributed by atoms with Crippen LogP contribution in [-0.2, 0) is 16.0 Å². The van der Waals surface area contributed by atoms with Crippen molar-refractivity contribution in [3.63, 3.8) is 0 Å². The van der Waals surface area contributed by atoms with Crippen molar-refractivity contribution < 1.29 is 22.7 Å². The number of carbonyl (C=O) groups is 1. The number of methoxy groups -OCH3 is 1. The molecule has 0 saturated heterocycles. The molecular formula is C9H7F3INO2. The van der Waals surface area contributed by atoms with Crippen LogP contribution in [0.5, 0.6) is 0 Å². The minimum atomic E-state index is -2.88. The molecular weight excluding hydrogens is 338 g/mol. The number of hydrogen-bond donors (Lipinski definition) is 0. The van der Waals surface area contributed by atoms with Gasteiger partial charge in [0.05, 0.1) is 22.8 Å². The van der Waals surface area contributed by atoms with E-state index in [0.29, 0.717) is 0 Å². The molecule has 1 heterocycles. The third kappa shape index (κ3) is 3.06. The first-order valence-corrected chi connectivity index (χ1v) is 5.23. The zero-order valence-corrected chi connectivity index (χ0v) is 10.3. The van der Waals surface area contributed by atoms with Crippen molar-refractivity contribution in [3.05, 3.63) is 26.8 Å². The molecule has 0 aromatic carbocycles. The molecule has 1 rings (SSSR count). The highest BCUT2D eigenvalue weighted by molar-refractivity contribution is 14.1. The number of aromatic nitrogens is 1. The van der Waals surface area contributed by atoms with Gasteiger partial charge in [-0.2, -0.15) is 0 Å². The van der Waals surface area contributed by atoms with E-state index >= 15 is 0 Å². The fourth-order valence-electron chi connectivity index (χ4n) is 1.02. The number of hydrogen-bond acceptors (Lipinski definition) is 3. The SMILES string of the molecule is COC(=O)Cc1cc(F)c(I)c(C(F)F)n1. The van der Waals surface area contributed by atoms with E-state index in [2.05, 4.69) is 9.72 Å². The molecule has 0 fully saturated rings. The smallest absolute Gasteiger partial charge is 0.311 e. The standard InChI is InChI=1S/C9H7F3INO2/c1-16-6(15)3-4-2-5(10)7(13)8(14-4)9(11)12/h2,9H,3H2,1H3. The Morgan fingerprint density at radius 1 is 1.62 bits per heavy atom. The Hall–Kier alpha value is -0.860. The second kappa shape index (κ2) is 5.46. The number of carbonyl (C=O) groups excluding carboxylic acids is 1. The number of esters is 1. The second-order valence-electron chi connectivity index (χ2n) is 2.85. The fourth-order valence-corrected chi connectivity index (χ4v) is 1.53. The van der Waals surface area contributed by atoms with Crippen LogP contribution in [0.4, 0.5) is 13.2 Å². The number of pyridine rings is 1. The van der Waals surface area contributed by atoms with Crippen LogP contribution in [0.2, 0.25) is 0 Å². The molecule has 1 aromatic heterocycles. The van der Waals surface area contributed by atoms with Crippen molar-refractivity contribution in [1.82, 2.24) is 4.98 Å². The summed E-state index contributed by atoms with van der Waals surface area (Å²) in [5.74, 6) is -1.47. The molecule has 0 N–H and O–H groups in total. The molecule has 0 aliphatic rings. The highest BCUT2D eigenvalue weighted by atomic mass is 127. The Labute approximate surface area is 103 Å². The summed E-state index contributed by atoms with van der Waals surface area (Å²) in [7, 11) is 1.15. The first kappa shape index (κ1) is 13.2. The van der Waals surface area contributed by atoms with Crippen LogP contribution in [0.15, 0.2) is 6.07 Å². The summed E-state index contributed by atoms with van der Waals surface area (Å²) in [6.45, 7) is 0. The quantitative estimate of drug-likeness (QED) is 0.624. The minimum absolute atomic E-state index is 0.0694. The zero-order valence-electron chi connectivity index (χ0n) is 8.14. The average molecular weight is 345 g/mol. The highest BCUT2D eigenvalue weighted by Crippen LogP contribution is 2.25. The second-order valence-corrected chi connectivity index (χ2v) is 3.93. The molecule has 0 amide bonds. The zero-order chi connectivity index (χ0) is 12.3. The Bertz CT molecular complexity index is 412. The van der Waals surface area contributed by atoms with E-state index in [4.69, 9.17) is 0 Å². The molecule has 7 heteroatoms. The third-order valence-corrected chi connectivity index (χ3v) is 2.82. The molecule has 0 spiro atoms. The highest BCUT2D eigenvalue weighted by Gasteiger charge is 2.19.